The first-order valence-corrected chi connectivity index (χ1v) is 5.78. The summed E-state index contributed by atoms with van der Waals surface area (Å²) in [4.78, 5) is 0. The molecule has 2 nitrogen and oxygen atoms in total. The lowest BCUT2D eigenvalue weighted by molar-refractivity contribution is -0.0770. The predicted molar refractivity (Wildman–Crippen MR) is 59.7 cm³/mol. The molecule has 2 atom stereocenters. The lowest BCUT2D eigenvalue weighted by Gasteiger charge is -2.29. The second kappa shape index (κ2) is 4.70. The maximum Gasteiger partial charge on any atom is 0.162 e. The SMILES string of the molecule is CC1(C(O)Cc2cccc(F)c2F)CCCO1. The summed E-state index contributed by atoms with van der Waals surface area (Å²) in [5.41, 5.74) is -0.451. The number of aliphatic hydroxyl groups is 1. The molecule has 1 fully saturated rings. The molecule has 0 aromatic heterocycles. The van der Waals surface area contributed by atoms with Crippen LogP contribution in [-0.4, -0.2) is 23.4 Å². The van der Waals surface area contributed by atoms with Gasteiger partial charge in [-0.15, -0.1) is 0 Å². The van der Waals surface area contributed by atoms with Gasteiger partial charge < -0.3 is 9.84 Å². The molecule has 1 aromatic rings. The van der Waals surface area contributed by atoms with Crippen molar-refractivity contribution in [2.45, 2.75) is 37.9 Å². The van der Waals surface area contributed by atoms with Crippen LogP contribution in [0.15, 0.2) is 18.2 Å². The minimum Gasteiger partial charge on any atom is -0.390 e. The van der Waals surface area contributed by atoms with Crippen molar-refractivity contribution in [2.75, 3.05) is 6.61 Å². The van der Waals surface area contributed by atoms with Crippen molar-refractivity contribution in [2.24, 2.45) is 0 Å². The molecule has 1 aliphatic heterocycles. The zero-order chi connectivity index (χ0) is 12.5. The second-order valence-corrected chi connectivity index (χ2v) is 4.70. The highest BCUT2D eigenvalue weighted by Gasteiger charge is 2.37. The molecule has 1 aliphatic rings. The van der Waals surface area contributed by atoms with E-state index in [1.54, 1.807) is 0 Å². The van der Waals surface area contributed by atoms with Crippen LogP contribution in [0.5, 0.6) is 0 Å². The topological polar surface area (TPSA) is 29.5 Å². The molecule has 1 aromatic carbocycles. The Balaban J connectivity index is 2.12. The highest BCUT2D eigenvalue weighted by atomic mass is 19.2. The Labute approximate surface area is 99.2 Å². The lowest BCUT2D eigenvalue weighted by Crippen LogP contribution is -2.40. The van der Waals surface area contributed by atoms with E-state index in [0.717, 1.165) is 18.9 Å². The Kier molecular flexibility index (Phi) is 3.45. The Morgan fingerprint density at radius 1 is 1.47 bits per heavy atom. The number of hydrogen-bond donors (Lipinski definition) is 1. The number of aliphatic hydroxyl groups excluding tert-OH is 1. The van der Waals surface area contributed by atoms with Crippen LogP contribution in [0.4, 0.5) is 8.78 Å². The summed E-state index contributed by atoms with van der Waals surface area (Å²) in [7, 11) is 0. The molecule has 1 heterocycles. The van der Waals surface area contributed by atoms with Gasteiger partial charge in [0.2, 0.25) is 0 Å². The van der Waals surface area contributed by atoms with Crippen LogP contribution >= 0.6 is 0 Å². The van der Waals surface area contributed by atoms with E-state index in [2.05, 4.69) is 0 Å². The third-order valence-corrected chi connectivity index (χ3v) is 3.40. The average molecular weight is 242 g/mol. The van der Waals surface area contributed by atoms with Gasteiger partial charge in [0.05, 0.1) is 11.7 Å². The van der Waals surface area contributed by atoms with E-state index in [4.69, 9.17) is 4.74 Å². The fourth-order valence-corrected chi connectivity index (χ4v) is 2.19. The summed E-state index contributed by atoms with van der Waals surface area (Å²) in [5.74, 6) is -1.76. The molecule has 1 N–H and O–H groups in total. The molecule has 0 aliphatic carbocycles. The van der Waals surface area contributed by atoms with Gasteiger partial charge in [-0.25, -0.2) is 8.78 Å². The summed E-state index contributed by atoms with van der Waals surface area (Å²) in [6.45, 7) is 2.42. The number of rotatable bonds is 3. The normalized spacial score (nSPS) is 26.1. The van der Waals surface area contributed by atoms with E-state index in [-0.39, 0.29) is 12.0 Å². The van der Waals surface area contributed by atoms with Gasteiger partial charge in [-0.3, -0.25) is 0 Å². The molecule has 0 spiro atoms. The Hall–Kier alpha value is -1.00. The summed E-state index contributed by atoms with van der Waals surface area (Å²) < 4.78 is 31.9. The molecular weight excluding hydrogens is 226 g/mol. The van der Waals surface area contributed by atoms with Gasteiger partial charge in [0, 0.05) is 13.0 Å². The third-order valence-electron chi connectivity index (χ3n) is 3.40. The van der Waals surface area contributed by atoms with Crippen LogP contribution in [-0.2, 0) is 11.2 Å². The van der Waals surface area contributed by atoms with E-state index >= 15 is 0 Å². The maximum atomic E-state index is 13.4. The van der Waals surface area contributed by atoms with E-state index in [0.29, 0.717) is 6.61 Å². The van der Waals surface area contributed by atoms with Crippen molar-refractivity contribution in [1.82, 2.24) is 0 Å². The van der Waals surface area contributed by atoms with E-state index in [1.807, 2.05) is 6.92 Å². The van der Waals surface area contributed by atoms with Crippen molar-refractivity contribution >= 4 is 0 Å². The maximum absolute atomic E-state index is 13.4. The first-order chi connectivity index (χ1) is 8.03. The number of halogens is 2. The Morgan fingerprint density at radius 2 is 2.24 bits per heavy atom. The quantitative estimate of drug-likeness (QED) is 0.882. The van der Waals surface area contributed by atoms with Crippen LogP contribution < -0.4 is 0 Å². The molecular formula is C13H16F2O2. The Bertz CT molecular complexity index is 400. The molecule has 0 saturated carbocycles. The average Bonchev–Trinajstić information content (AvgIpc) is 2.73. The minimum absolute atomic E-state index is 0.0695. The van der Waals surface area contributed by atoms with E-state index in [9.17, 15) is 13.9 Å². The number of ether oxygens (including phenoxy) is 1. The van der Waals surface area contributed by atoms with Gasteiger partial charge in [0.15, 0.2) is 11.6 Å². The lowest BCUT2D eigenvalue weighted by atomic mass is 9.90. The van der Waals surface area contributed by atoms with Gasteiger partial charge in [-0.1, -0.05) is 12.1 Å². The fourth-order valence-electron chi connectivity index (χ4n) is 2.19. The number of benzene rings is 1. The smallest absolute Gasteiger partial charge is 0.162 e. The van der Waals surface area contributed by atoms with Crippen molar-refractivity contribution in [1.29, 1.82) is 0 Å². The van der Waals surface area contributed by atoms with Gasteiger partial charge >= 0.3 is 0 Å². The predicted octanol–water partition coefficient (Wildman–Crippen LogP) is 2.44. The van der Waals surface area contributed by atoms with E-state index < -0.39 is 23.3 Å². The van der Waals surface area contributed by atoms with Gasteiger partial charge in [0.1, 0.15) is 0 Å². The molecule has 0 radical (unpaired) electrons. The fraction of sp³-hybridized carbons (Fsp3) is 0.538. The van der Waals surface area contributed by atoms with Crippen molar-refractivity contribution in [3.05, 3.63) is 35.4 Å². The molecule has 17 heavy (non-hydrogen) atoms. The molecule has 4 heteroatoms. The number of hydrogen-bond acceptors (Lipinski definition) is 2. The first-order valence-electron chi connectivity index (χ1n) is 5.78. The molecule has 0 amide bonds. The third kappa shape index (κ3) is 2.48. The molecule has 94 valence electrons. The van der Waals surface area contributed by atoms with Crippen LogP contribution in [0.1, 0.15) is 25.3 Å². The second-order valence-electron chi connectivity index (χ2n) is 4.70. The van der Waals surface area contributed by atoms with Crippen molar-refractivity contribution in [3.8, 4) is 0 Å². The summed E-state index contributed by atoms with van der Waals surface area (Å²) in [6.07, 6.45) is 0.881. The van der Waals surface area contributed by atoms with Crippen LogP contribution in [0, 0.1) is 11.6 Å². The summed E-state index contributed by atoms with van der Waals surface area (Å²) in [6, 6.07) is 4.00. The van der Waals surface area contributed by atoms with Crippen molar-refractivity contribution in [3.63, 3.8) is 0 Å². The largest absolute Gasteiger partial charge is 0.390 e. The van der Waals surface area contributed by atoms with Crippen LogP contribution in [0.25, 0.3) is 0 Å². The highest BCUT2D eigenvalue weighted by Crippen LogP contribution is 2.30. The van der Waals surface area contributed by atoms with E-state index in [1.165, 1.54) is 12.1 Å². The van der Waals surface area contributed by atoms with Crippen LogP contribution in [0.2, 0.25) is 0 Å². The molecule has 1 saturated heterocycles. The first kappa shape index (κ1) is 12.5. The minimum atomic E-state index is -0.882. The van der Waals surface area contributed by atoms with Gasteiger partial charge in [-0.2, -0.15) is 0 Å². The highest BCUT2D eigenvalue weighted by molar-refractivity contribution is 5.20. The Morgan fingerprint density at radius 3 is 2.88 bits per heavy atom. The molecule has 2 unspecified atom stereocenters. The zero-order valence-corrected chi connectivity index (χ0v) is 9.75. The summed E-state index contributed by atoms with van der Waals surface area (Å²) >= 11 is 0. The molecule has 2 rings (SSSR count). The van der Waals surface area contributed by atoms with Gasteiger partial charge in [-0.05, 0) is 31.4 Å². The summed E-state index contributed by atoms with van der Waals surface area (Å²) in [5, 5.41) is 10.1. The van der Waals surface area contributed by atoms with Crippen molar-refractivity contribution < 1.29 is 18.6 Å². The standard InChI is InChI=1S/C13H16F2O2/c1-13(6-3-7-17-13)11(16)8-9-4-2-5-10(14)12(9)15/h2,4-5,11,16H,3,6-8H2,1H3. The van der Waals surface area contributed by atoms with Crippen LogP contribution in [0.3, 0.4) is 0 Å². The van der Waals surface area contributed by atoms with Gasteiger partial charge in [0.25, 0.3) is 0 Å². The molecule has 0 bridgehead atoms. The monoisotopic (exact) mass is 242 g/mol. The zero-order valence-electron chi connectivity index (χ0n) is 9.75.